The van der Waals surface area contributed by atoms with Gasteiger partial charge in [-0.05, 0) is 37.1 Å². The molecule has 0 radical (unpaired) electrons. The van der Waals surface area contributed by atoms with Crippen molar-refractivity contribution in [2.45, 2.75) is 25.9 Å². The summed E-state index contributed by atoms with van der Waals surface area (Å²) < 4.78 is 38.0. The molecular weight excluding hydrogens is 309 g/mol. The fourth-order valence-electron chi connectivity index (χ4n) is 1.86. The molecular formula is C16H15F3N2O2. The Morgan fingerprint density at radius 3 is 2.61 bits per heavy atom. The van der Waals surface area contributed by atoms with Crippen LogP contribution in [0.5, 0.6) is 0 Å². The SMILES string of the molecule is C=CCCC(O)=C(C#N)C(=O)Nc1ccc(C(F)(F)F)c(C)c1. The summed E-state index contributed by atoms with van der Waals surface area (Å²) in [5.74, 6) is -1.28. The Morgan fingerprint density at radius 2 is 2.13 bits per heavy atom. The number of aryl methyl sites for hydroxylation is 1. The number of benzene rings is 1. The third kappa shape index (κ3) is 4.88. The lowest BCUT2D eigenvalue weighted by atomic mass is 10.1. The first-order valence-electron chi connectivity index (χ1n) is 6.63. The highest BCUT2D eigenvalue weighted by atomic mass is 19.4. The Labute approximate surface area is 131 Å². The number of aliphatic hydroxyl groups excluding tert-OH is 1. The number of halogens is 3. The van der Waals surface area contributed by atoms with Gasteiger partial charge in [0, 0.05) is 12.1 Å². The van der Waals surface area contributed by atoms with E-state index in [4.69, 9.17) is 5.26 Å². The first-order chi connectivity index (χ1) is 10.7. The van der Waals surface area contributed by atoms with Crippen molar-refractivity contribution >= 4 is 11.6 Å². The van der Waals surface area contributed by atoms with Gasteiger partial charge in [0.2, 0.25) is 0 Å². The molecule has 0 atom stereocenters. The van der Waals surface area contributed by atoms with Crippen molar-refractivity contribution in [1.82, 2.24) is 0 Å². The van der Waals surface area contributed by atoms with Crippen LogP contribution in [0.25, 0.3) is 0 Å². The molecule has 0 bridgehead atoms. The van der Waals surface area contributed by atoms with Crippen LogP contribution < -0.4 is 5.32 Å². The number of hydrogen-bond acceptors (Lipinski definition) is 3. The van der Waals surface area contributed by atoms with Crippen LogP contribution in [-0.2, 0) is 11.0 Å². The number of anilines is 1. The number of nitriles is 1. The number of rotatable bonds is 5. The van der Waals surface area contributed by atoms with Crippen LogP contribution in [0.1, 0.15) is 24.0 Å². The van der Waals surface area contributed by atoms with Gasteiger partial charge in [-0.3, -0.25) is 4.79 Å². The van der Waals surface area contributed by atoms with Gasteiger partial charge in [-0.25, -0.2) is 0 Å². The van der Waals surface area contributed by atoms with Crippen LogP contribution in [-0.4, -0.2) is 11.0 Å². The van der Waals surface area contributed by atoms with E-state index in [2.05, 4.69) is 11.9 Å². The fourth-order valence-corrected chi connectivity index (χ4v) is 1.86. The molecule has 2 N–H and O–H groups in total. The molecule has 23 heavy (non-hydrogen) atoms. The van der Waals surface area contributed by atoms with Crippen molar-refractivity contribution in [2.24, 2.45) is 0 Å². The van der Waals surface area contributed by atoms with Crippen LogP contribution in [0, 0.1) is 18.3 Å². The lowest BCUT2D eigenvalue weighted by Crippen LogP contribution is -2.16. The molecule has 0 aromatic heterocycles. The van der Waals surface area contributed by atoms with E-state index in [1.807, 2.05) is 0 Å². The zero-order valence-electron chi connectivity index (χ0n) is 12.4. The average molecular weight is 324 g/mol. The summed E-state index contributed by atoms with van der Waals surface area (Å²) in [7, 11) is 0. The predicted octanol–water partition coefficient (Wildman–Crippen LogP) is 4.25. The maximum atomic E-state index is 12.7. The maximum Gasteiger partial charge on any atom is 0.416 e. The van der Waals surface area contributed by atoms with Gasteiger partial charge in [0.05, 0.1) is 5.56 Å². The van der Waals surface area contributed by atoms with E-state index in [1.54, 1.807) is 6.07 Å². The third-order valence-corrected chi connectivity index (χ3v) is 3.00. The molecule has 0 aliphatic rings. The summed E-state index contributed by atoms with van der Waals surface area (Å²) in [6.45, 7) is 4.72. The van der Waals surface area contributed by atoms with Gasteiger partial charge in [-0.2, -0.15) is 18.4 Å². The van der Waals surface area contributed by atoms with Gasteiger partial charge in [0.1, 0.15) is 11.8 Å². The van der Waals surface area contributed by atoms with E-state index in [0.29, 0.717) is 6.42 Å². The second-order valence-corrected chi connectivity index (χ2v) is 4.74. The number of amides is 1. The number of allylic oxidation sites excluding steroid dienone is 2. The summed E-state index contributed by atoms with van der Waals surface area (Å²) in [6, 6.07) is 4.67. The normalized spacial score (nSPS) is 12.1. The van der Waals surface area contributed by atoms with E-state index in [-0.39, 0.29) is 17.7 Å². The highest BCUT2D eigenvalue weighted by molar-refractivity contribution is 6.06. The van der Waals surface area contributed by atoms with Crippen LogP contribution in [0.3, 0.4) is 0 Å². The number of alkyl halides is 3. The molecule has 0 fully saturated rings. The summed E-state index contributed by atoms with van der Waals surface area (Å²) in [6.07, 6.45) is -2.51. The van der Waals surface area contributed by atoms with E-state index in [1.165, 1.54) is 13.0 Å². The Hall–Kier alpha value is -2.75. The Bertz CT molecular complexity index is 686. The Balaban J connectivity index is 2.99. The zero-order chi connectivity index (χ0) is 17.6. The first kappa shape index (κ1) is 18.3. The molecule has 1 aromatic rings. The van der Waals surface area contributed by atoms with Crippen molar-refractivity contribution in [2.75, 3.05) is 5.32 Å². The maximum absolute atomic E-state index is 12.7. The molecule has 0 aliphatic carbocycles. The number of aliphatic hydroxyl groups is 1. The molecule has 1 rings (SSSR count). The van der Waals surface area contributed by atoms with Crippen LogP contribution >= 0.6 is 0 Å². The minimum Gasteiger partial charge on any atom is -0.511 e. The quantitative estimate of drug-likeness (QED) is 0.368. The van der Waals surface area contributed by atoms with Gasteiger partial charge in [-0.15, -0.1) is 6.58 Å². The van der Waals surface area contributed by atoms with E-state index in [9.17, 15) is 23.1 Å². The zero-order valence-corrected chi connectivity index (χ0v) is 12.4. The summed E-state index contributed by atoms with van der Waals surface area (Å²) in [5.41, 5.74) is -1.25. The van der Waals surface area contributed by atoms with Crippen LogP contribution in [0.2, 0.25) is 0 Å². The molecule has 1 aromatic carbocycles. The van der Waals surface area contributed by atoms with Gasteiger partial charge < -0.3 is 10.4 Å². The highest BCUT2D eigenvalue weighted by Gasteiger charge is 2.32. The van der Waals surface area contributed by atoms with Crippen LogP contribution in [0.4, 0.5) is 18.9 Å². The highest BCUT2D eigenvalue weighted by Crippen LogP contribution is 2.32. The third-order valence-electron chi connectivity index (χ3n) is 3.00. The molecule has 4 nitrogen and oxygen atoms in total. The number of nitrogens with zero attached hydrogens (tertiary/aromatic N) is 1. The van der Waals surface area contributed by atoms with Gasteiger partial charge in [0.25, 0.3) is 5.91 Å². The Kier molecular flexibility index (Phi) is 5.96. The van der Waals surface area contributed by atoms with Gasteiger partial charge >= 0.3 is 6.18 Å². The van der Waals surface area contributed by atoms with Crippen LogP contribution in [0.15, 0.2) is 42.2 Å². The number of carbonyl (C=O) groups excluding carboxylic acids is 1. The molecule has 0 unspecified atom stereocenters. The van der Waals surface area contributed by atoms with E-state index in [0.717, 1.165) is 18.2 Å². The molecule has 0 heterocycles. The number of nitrogens with one attached hydrogen (secondary N) is 1. The lowest BCUT2D eigenvalue weighted by Gasteiger charge is -2.12. The van der Waals surface area contributed by atoms with Gasteiger partial charge in [0.15, 0.2) is 5.57 Å². The Morgan fingerprint density at radius 1 is 1.48 bits per heavy atom. The molecule has 0 aliphatic heterocycles. The number of hydrogen-bond donors (Lipinski definition) is 2. The monoisotopic (exact) mass is 324 g/mol. The van der Waals surface area contributed by atoms with Crippen molar-refractivity contribution < 1.29 is 23.1 Å². The van der Waals surface area contributed by atoms with Crippen molar-refractivity contribution in [3.63, 3.8) is 0 Å². The average Bonchev–Trinajstić information content (AvgIpc) is 2.44. The minimum absolute atomic E-state index is 0.0614. The fraction of sp³-hybridized carbons (Fsp3) is 0.250. The first-order valence-corrected chi connectivity index (χ1v) is 6.63. The van der Waals surface area contributed by atoms with E-state index < -0.39 is 29.0 Å². The predicted molar refractivity (Wildman–Crippen MR) is 79.5 cm³/mol. The molecule has 7 heteroatoms. The topological polar surface area (TPSA) is 73.1 Å². The smallest absolute Gasteiger partial charge is 0.416 e. The standard InChI is InChI=1S/C16H15F3N2O2/c1-3-4-5-14(22)12(9-20)15(23)21-11-6-7-13(10(2)8-11)16(17,18)19/h3,6-8,22H,1,4-5H2,2H3,(H,21,23). The van der Waals surface area contributed by atoms with Gasteiger partial charge in [-0.1, -0.05) is 6.08 Å². The summed E-state index contributed by atoms with van der Waals surface area (Å²) >= 11 is 0. The lowest BCUT2D eigenvalue weighted by molar-refractivity contribution is -0.138. The van der Waals surface area contributed by atoms with E-state index >= 15 is 0 Å². The van der Waals surface area contributed by atoms with Crippen molar-refractivity contribution in [3.8, 4) is 6.07 Å². The second-order valence-electron chi connectivity index (χ2n) is 4.74. The molecule has 0 saturated carbocycles. The molecule has 0 spiro atoms. The number of carbonyl (C=O) groups is 1. The minimum atomic E-state index is -4.48. The molecule has 0 saturated heterocycles. The molecule has 1 amide bonds. The second kappa shape index (κ2) is 7.49. The van der Waals surface area contributed by atoms with Crippen molar-refractivity contribution in [3.05, 3.63) is 53.3 Å². The summed E-state index contributed by atoms with van der Waals surface area (Å²) in [4.78, 5) is 11.9. The molecule has 122 valence electrons. The summed E-state index contributed by atoms with van der Waals surface area (Å²) in [5, 5.41) is 20.9. The largest absolute Gasteiger partial charge is 0.511 e. The van der Waals surface area contributed by atoms with Crippen molar-refractivity contribution in [1.29, 1.82) is 5.26 Å².